The van der Waals surface area contributed by atoms with Crippen LogP contribution in [0.25, 0.3) is 0 Å². The highest BCUT2D eigenvalue weighted by Gasteiger charge is 2.19. The number of rotatable bonds is 4. The van der Waals surface area contributed by atoms with Crippen LogP contribution in [0.2, 0.25) is 0 Å². The summed E-state index contributed by atoms with van der Waals surface area (Å²) in [6, 6.07) is 6.36. The zero-order valence-electron chi connectivity index (χ0n) is 14.6. The second kappa shape index (κ2) is 7.36. The third kappa shape index (κ3) is 4.00. The highest BCUT2D eigenvalue weighted by Crippen LogP contribution is 2.22. The number of halogens is 2. The molecule has 6 nitrogen and oxygen atoms in total. The fourth-order valence-electron chi connectivity index (χ4n) is 2.49. The van der Waals surface area contributed by atoms with Gasteiger partial charge in [-0.2, -0.15) is 0 Å². The van der Waals surface area contributed by atoms with E-state index in [1.165, 1.54) is 18.5 Å². The van der Waals surface area contributed by atoms with Gasteiger partial charge in [-0.05, 0) is 38.1 Å². The number of nitrogens with zero attached hydrogens (tertiary/aromatic N) is 1. The highest BCUT2D eigenvalue weighted by molar-refractivity contribution is 6.07. The Hall–Kier alpha value is -3.55. The van der Waals surface area contributed by atoms with E-state index in [2.05, 4.69) is 20.6 Å². The normalized spacial score (nSPS) is 10.5. The van der Waals surface area contributed by atoms with Crippen molar-refractivity contribution < 1.29 is 18.4 Å². The van der Waals surface area contributed by atoms with Gasteiger partial charge >= 0.3 is 0 Å². The summed E-state index contributed by atoms with van der Waals surface area (Å²) in [5.74, 6) is -3.39. The number of carbonyl (C=O) groups excluding carboxylic acids is 2. The van der Waals surface area contributed by atoms with E-state index >= 15 is 0 Å². The lowest BCUT2D eigenvalue weighted by atomic mass is 10.1. The molecule has 0 unspecified atom stereocenters. The van der Waals surface area contributed by atoms with Crippen LogP contribution in [0.3, 0.4) is 0 Å². The first-order chi connectivity index (χ1) is 12.8. The molecule has 27 heavy (non-hydrogen) atoms. The van der Waals surface area contributed by atoms with Gasteiger partial charge in [0.05, 0.1) is 28.2 Å². The number of amides is 2. The Labute approximate surface area is 153 Å². The largest absolute Gasteiger partial charge is 0.367 e. The minimum absolute atomic E-state index is 0.270. The molecule has 2 aromatic heterocycles. The molecule has 3 rings (SSSR count). The average Bonchev–Trinajstić information content (AvgIpc) is 3.14. The Bertz CT molecular complexity index is 1020. The second-order valence-corrected chi connectivity index (χ2v) is 5.91. The van der Waals surface area contributed by atoms with Crippen molar-refractivity contribution >= 4 is 23.2 Å². The van der Waals surface area contributed by atoms with Crippen LogP contribution < -0.4 is 10.6 Å². The fourth-order valence-corrected chi connectivity index (χ4v) is 2.49. The molecule has 2 amide bonds. The van der Waals surface area contributed by atoms with Gasteiger partial charge in [-0.25, -0.2) is 8.78 Å². The molecule has 1 aromatic carbocycles. The Balaban J connectivity index is 1.86. The van der Waals surface area contributed by atoms with Crippen LogP contribution in [0.1, 0.15) is 32.1 Å². The van der Waals surface area contributed by atoms with Crippen LogP contribution >= 0.6 is 0 Å². The van der Waals surface area contributed by atoms with Crippen LogP contribution in [0.4, 0.5) is 20.2 Å². The number of benzene rings is 1. The Morgan fingerprint density at radius 3 is 2.37 bits per heavy atom. The minimum atomic E-state index is -1.04. The minimum Gasteiger partial charge on any atom is -0.367 e. The van der Waals surface area contributed by atoms with Crippen molar-refractivity contribution in [2.75, 3.05) is 10.6 Å². The van der Waals surface area contributed by atoms with E-state index in [0.29, 0.717) is 17.4 Å². The van der Waals surface area contributed by atoms with Gasteiger partial charge in [0.15, 0.2) is 0 Å². The molecule has 3 aromatic rings. The smallest absolute Gasteiger partial charge is 0.258 e. The first kappa shape index (κ1) is 18.2. The molecule has 0 saturated heterocycles. The number of hydrogen-bond donors (Lipinski definition) is 3. The van der Waals surface area contributed by atoms with Crippen molar-refractivity contribution in [3.05, 3.63) is 76.9 Å². The highest BCUT2D eigenvalue weighted by atomic mass is 19.1. The number of hydrogen-bond acceptors (Lipinski definition) is 3. The molecule has 138 valence electrons. The van der Waals surface area contributed by atoms with Gasteiger partial charge in [-0.15, -0.1) is 0 Å². The summed E-state index contributed by atoms with van der Waals surface area (Å²) < 4.78 is 28.2. The number of anilines is 2. The number of nitrogens with one attached hydrogen (secondary N) is 3. The molecule has 0 radical (unpaired) electrons. The van der Waals surface area contributed by atoms with Crippen molar-refractivity contribution in [1.29, 1.82) is 0 Å². The number of carbonyl (C=O) groups is 2. The Morgan fingerprint density at radius 2 is 1.70 bits per heavy atom. The summed E-state index contributed by atoms with van der Waals surface area (Å²) in [6.45, 7) is 3.50. The summed E-state index contributed by atoms with van der Waals surface area (Å²) in [7, 11) is 0. The maximum atomic E-state index is 14.1. The van der Waals surface area contributed by atoms with Crippen molar-refractivity contribution in [3.8, 4) is 0 Å². The predicted octanol–water partition coefficient (Wildman–Crippen LogP) is 3.81. The molecule has 2 heterocycles. The van der Waals surface area contributed by atoms with Crippen molar-refractivity contribution in [2.45, 2.75) is 13.8 Å². The lowest BCUT2D eigenvalue weighted by molar-refractivity contribution is 0.101. The molecule has 0 saturated carbocycles. The predicted molar refractivity (Wildman–Crippen MR) is 96.8 cm³/mol. The molecule has 0 spiro atoms. The van der Waals surface area contributed by atoms with E-state index < -0.39 is 29.0 Å². The van der Waals surface area contributed by atoms with Crippen molar-refractivity contribution in [3.63, 3.8) is 0 Å². The summed E-state index contributed by atoms with van der Waals surface area (Å²) >= 11 is 0. The zero-order valence-corrected chi connectivity index (χ0v) is 14.6. The van der Waals surface area contributed by atoms with Gasteiger partial charge < -0.3 is 15.6 Å². The molecular weight excluding hydrogens is 354 g/mol. The van der Waals surface area contributed by atoms with Gasteiger partial charge in [-0.1, -0.05) is 0 Å². The number of H-pyrrole nitrogens is 1. The van der Waals surface area contributed by atoms with Gasteiger partial charge in [0.25, 0.3) is 11.8 Å². The molecule has 0 aliphatic rings. The number of aryl methyl sites for hydroxylation is 2. The van der Waals surface area contributed by atoms with Gasteiger partial charge in [0.1, 0.15) is 11.6 Å². The first-order valence-corrected chi connectivity index (χ1v) is 8.04. The molecule has 0 aliphatic heterocycles. The first-order valence-electron chi connectivity index (χ1n) is 8.04. The molecule has 0 aliphatic carbocycles. The quantitative estimate of drug-likeness (QED) is 0.653. The number of aromatic amines is 1. The maximum absolute atomic E-state index is 14.1. The van der Waals surface area contributed by atoms with E-state index in [9.17, 15) is 18.4 Å². The van der Waals surface area contributed by atoms with Crippen LogP contribution in [0.15, 0.2) is 42.7 Å². The molecule has 0 fully saturated rings. The van der Waals surface area contributed by atoms with Crippen LogP contribution in [-0.4, -0.2) is 21.8 Å². The molecule has 8 heteroatoms. The van der Waals surface area contributed by atoms with Crippen molar-refractivity contribution in [1.82, 2.24) is 9.97 Å². The number of aromatic nitrogens is 2. The monoisotopic (exact) mass is 370 g/mol. The van der Waals surface area contributed by atoms with Crippen LogP contribution in [0.5, 0.6) is 0 Å². The second-order valence-electron chi connectivity index (χ2n) is 5.91. The lowest BCUT2D eigenvalue weighted by Gasteiger charge is -2.11. The van der Waals surface area contributed by atoms with Crippen LogP contribution in [-0.2, 0) is 0 Å². The number of pyridine rings is 1. The van der Waals surface area contributed by atoms with E-state index in [1.807, 2.05) is 0 Å². The van der Waals surface area contributed by atoms with E-state index in [4.69, 9.17) is 0 Å². The van der Waals surface area contributed by atoms with Gasteiger partial charge in [-0.3, -0.25) is 14.6 Å². The van der Waals surface area contributed by atoms with E-state index in [-0.39, 0.29) is 11.3 Å². The van der Waals surface area contributed by atoms with Crippen LogP contribution in [0, 0.1) is 25.5 Å². The summed E-state index contributed by atoms with van der Waals surface area (Å²) in [6.07, 6.45) is 2.96. The standard InChI is InChI=1S/C19H16F2N4O2/c1-10-3-4-16(11(2)23-10)24-19(27)13-7-17(15(21)8-14(13)20)25-18(26)12-5-6-22-9-12/h3-9,22H,1-2H3,(H,24,27)(H,25,26). The summed E-state index contributed by atoms with van der Waals surface area (Å²) in [5.41, 5.74) is 1.31. The fraction of sp³-hybridized carbons (Fsp3) is 0.105. The van der Waals surface area contributed by atoms with Gasteiger partial charge in [0, 0.05) is 24.2 Å². The van der Waals surface area contributed by atoms with Crippen molar-refractivity contribution in [2.24, 2.45) is 0 Å². The summed E-state index contributed by atoms with van der Waals surface area (Å²) in [4.78, 5) is 31.4. The van der Waals surface area contributed by atoms with Gasteiger partial charge in [0.2, 0.25) is 0 Å². The molecule has 0 atom stereocenters. The third-order valence-electron chi connectivity index (χ3n) is 3.88. The molecule has 0 bridgehead atoms. The average molecular weight is 370 g/mol. The third-order valence-corrected chi connectivity index (χ3v) is 3.88. The molecule has 3 N–H and O–H groups in total. The Kier molecular flexibility index (Phi) is 4.98. The lowest BCUT2D eigenvalue weighted by Crippen LogP contribution is -2.17. The van der Waals surface area contributed by atoms with E-state index in [0.717, 1.165) is 11.8 Å². The topological polar surface area (TPSA) is 86.9 Å². The van der Waals surface area contributed by atoms with E-state index in [1.54, 1.807) is 26.0 Å². The maximum Gasteiger partial charge on any atom is 0.258 e. The molecular formula is C19H16F2N4O2. The zero-order chi connectivity index (χ0) is 19.6. The SMILES string of the molecule is Cc1ccc(NC(=O)c2cc(NC(=O)c3cc[nH]c3)c(F)cc2F)c(C)n1. The Morgan fingerprint density at radius 1 is 0.963 bits per heavy atom. The summed E-state index contributed by atoms with van der Waals surface area (Å²) in [5, 5.41) is 4.87.